The van der Waals surface area contributed by atoms with Crippen molar-refractivity contribution in [3.8, 4) is 11.6 Å². The molecule has 2 bridgehead atoms. The maximum atomic E-state index is 16.1. The van der Waals surface area contributed by atoms with Gasteiger partial charge in [-0.2, -0.15) is 8.78 Å². The highest BCUT2D eigenvalue weighted by molar-refractivity contribution is 5.87. The Hall–Kier alpha value is -3.41. The van der Waals surface area contributed by atoms with E-state index in [0.717, 1.165) is 12.8 Å². The smallest absolute Gasteiger partial charge is 0.306 e. The molecule has 47 heavy (non-hydrogen) atoms. The van der Waals surface area contributed by atoms with E-state index in [4.69, 9.17) is 18.9 Å². The largest absolute Gasteiger partial charge is 0.497 e. The molecule has 1 aromatic carbocycles. The molecular formula is C35H45F2N3O7. The second-order valence-electron chi connectivity index (χ2n) is 14.1. The van der Waals surface area contributed by atoms with Gasteiger partial charge in [0.1, 0.15) is 24.2 Å². The van der Waals surface area contributed by atoms with Crippen LogP contribution in [-0.2, 0) is 29.8 Å². The molecule has 0 unspecified atom stereocenters. The fourth-order valence-corrected chi connectivity index (χ4v) is 7.94. The molecule has 1 aliphatic carbocycles. The first-order chi connectivity index (χ1) is 22.5. The molecule has 2 aromatic rings. The van der Waals surface area contributed by atoms with Crippen LogP contribution in [0.1, 0.15) is 83.7 Å². The number of nitrogens with zero attached hydrogens (tertiary/aromatic N) is 3. The number of esters is 1. The lowest BCUT2D eigenvalue weighted by molar-refractivity contribution is -0.160. The maximum Gasteiger partial charge on any atom is 0.306 e. The summed E-state index contributed by atoms with van der Waals surface area (Å²) in [7, 11) is 1.50. The van der Waals surface area contributed by atoms with Crippen LogP contribution in [0.25, 0.3) is 11.0 Å². The maximum absolute atomic E-state index is 16.1. The molecule has 1 saturated carbocycles. The van der Waals surface area contributed by atoms with Crippen molar-refractivity contribution in [2.45, 2.75) is 102 Å². The summed E-state index contributed by atoms with van der Waals surface area (Å²) in [6.45, 7) is 4.64. The van der Waals surface area contributed by atoms with E-state index >= 15 is 8.78 Å². The molecule has 1 amide bonds. The second-order valence-corrected chi connectivity index (χ2v) is 14.1. The van der Waals surface area contributed by atoms with Crippen molar-refractivity contribution in [2.24, 2.45) is 23.2 Å². The van der Waals surface area contributed by atoms with Gasteiger partial charge in [-0.15, -0.1) is 0 Å². The number of benzene rings is 1. The highest BCUT2D eigenvalue weighted by Gasteiger charge is 2.50. The van der Waals surface area contributed by atoms with Gasteiger partial charge in [-0.1, -0.05) is 20.3 Å². The minimum Gasteiger partial charge on any atom is -0.497 e. The molecule has 6 rings (SSSR count). The molecular weight excluding hydrogens is 612 g/mol. The Morgan fingerprint density at radius 1 is 0.979 bits per heavy atom. The number of aromatic nitrogens is 2. The SMILES string of the molecule is COc1ccc2nc3c(nc2c1)O[C@H]1CN(C(=O)[C@H](C2(C)CCOCC2)CC(=O)O[C@@H]2CCC[C@H]2CCCCC3(F)F)[C@H](C=O)[C@@H]1C. The standard InChI is InChI=1S/C35H45F2N3O7/c1-21-27(20-41)40-19-29(21)47-32-31(38-25-11-10-23(44-3)17-26(25)39-32)35(36,37)12-5-4-7-22-8-6-9-28(22)46-30(42)18-24(33(40)43)34(2)13-15-45-16-14-34/h10-11,17,20-22,24,27-29H,4-9,12-16,18-19H2,1-3H3/t21-,22+,24+,27+,28+,29-/m0/s1. The Labute approximate surface area is 273 Å². The third-order valence-electron chi connectivity index (χ3n) is 11.1. The minimum absolute atomic E-state index is 0.0327. The normalized spacial score (nSPS) is 31.6. The molecule has 3 aliphatic heterocycles. The van der Waals surface area contributed by atoms with Crippen molar-refractivity contribution in [3.63, 3.8) is 0 Å². The first-order valence-electron chi connectivity index (χ1n) is 17.0. The van der Waals surface area contributed by atoms with Crippen LogP contribution in [0.3, 0.4) is 0 Å². The number of hydrogen-bond donors (Lipinski definition) is 0. The molecule has 4 aliphatic rings. The van der Waals surface area contributed by atoms with Gasteiger partial charge in [-0.05, 0) is 68.4 Å². The Morgan fingerprint density at radius 2 is 1.74 bits per heavy atom. The van der Waals surface area contributed by atoms with Crippen LogP contribution < -0.4 is 9.47 Å². The molecule has 256 valence electrons. The van der Waals surface area contributed by atoms with E-state index < -0.39 is 53.4 Å². The van der Waals surface area contributed by atoms with Gasteiger partial charge in [0, 0.05) is 31.6 Å². The van der Waals surface area contributed by atoms with Crippen molar-refractivity contribution >= 4 is 29.2 Å². The van der Waals surface area contributed by atoms with Crippen LogP contribution in [0.15, 0.2) is 18.2 Å². The van der Waals surface area contributed by atoms with E-state index in [9.17, 15) is 14.4 Å². The van der Waals surface area contributed by atoms with Crippen LogP contribution in [0.4, 0.5) is 8.78 Å². The quantitative estimate of drug-likeness (QED) is 0.306. The van der Waals surface area contributed by atoms with Gasteiger partial charge < -0.3 is 28.6 Å². The number of rotatable bonds is 3. The zero-order chi connectivity index (χ0) is 33.3. The fraction of sp³-hybridized carbons (Fsp3) is 0.686. The van der Waals surface area contributed by atoms with Crippen LogP contribution in [0.2, 0.25) is 0 Å². The number of halogens is 2. The predicted molar refractivity (Wildman–Crippen MR) is 167 cm³/mol. The van der Waals surface area contributed by atoms with E-state index in [1.165, 1.54) is 12.0 Å². The molecule has 2 saturated heterocycles. The number of fused-ring (bicyclic) bond motifs is 5. The summed E-state index contributed by atoms with van der Waals surface area (Å²) in [5.74, 6) is -5.18. The van der Waals surface area contributed by atoms with E-state index in [1.54, 1.807) is 25.1 Å². The summed E-state index contributed by atoms with van der Waals surface area (Å²) >= 11 is 0. The summed E-state index contributed by atoms with van der Waals surface area (Å²) in [5.41, 5.74) is -0.515. The number of aldehydes is 1. The molecule has 0 radical (unpaired) electrons. The van der Waals surface area contributed by atoms with Gasteiger partial charge in [-0.3, -0.25) is 9.59 Å². The highest BCUT2D eigenvalue weighted by atomic mass is 19.3. The summed E-state index contributed by atoms with van der Waals surface area (Å²) < 4.78 is 55.3. The van der Waals surface area contributed by atoms with E-state index in [0.29, 0.717) is 62.9 Å². The molecule has 4 heterocycles. The first kappa shape index (κ1) is 33.5. The van der Waals surface area contributed by atoms with Crippen molar-refractivity contribution in [1.29, 1.82) is 0 Å². The van der Waals surface area contributed by atoms with Gasteiger partial charge in [0.15, 0.2) is 5.69 Å². The topological polar surface area (TPSA) is 117 Å². The monoisotopic (exact) mass is 657 g/mol. The second kappa shape index (κ2) is 13.6. The van der Waals surface area contributed by atoms with Crippen molar-refractivity contribution in [2.75, 3.05) is 26.9 Å². The average molecular weight is 658 g/mol. The third kappa shape index (κ3) is 6.80. The van der Waals surface area contributed by atoms with Gasteiger partial charge in [0.05, 0.1) is 43.1 Å². The number of methoxy groups -OCH3 is 1. The van der Waals surface area contributed by atoms with Gasteiger partial charge in [-0.25, -0.2) is 9.97 Å². The van der Waals surface area contributed by atoms with Crippen molar-refractivity contribution in [3.05, 3.63) is 23.9 Å². The van der Waals surface area contributed by atoms with E-state index in [1.807, 2.05) is 6.92 Å². The zero-order valence-electron chi connectivity index (χ0n) is 27.4. The number of alkyl halides is 2. The Kier molecular flexibility index (Phi) is 9.69. The van der Waals surface area contributed by atoms with Crippen LogP contribution in [-0.4, -0.2) is 78.1 Å². The summed E-state index contributed by atoms with van der Waals surface area (Å²) in [5, 5.41) is 0. The summed E-state index contributed by atoms with van der Waals surface area (Å²) in [6, 6.07) is 3.95. The molecule has 6 atom stereocenters. The van der Waals surface area contributed by atoms with Crippen LogP contribution in [0, 0.1) is 23.2 Å². The minimum atomic E-state index is -3.35. The molecule has 10 nitrogen and oxygen atoms in total. The van der Waals surface area contributed by atoms with Gasteiger partial charge in [0.25, 0.3) is 5.92 Å². The van der Waals surface area contributed by atoms with Crippen molar-refractivity contribution in [1.82, 2.24) is 14.9 Å². The van der Waals surface area contributed by atoms with E-state index in [2.05, 4.69) is 9.97 Å². The van der Waals surface area contributed by atoms with Gasteiger partial charge >= 0.3 is 5.97 Å². The molecule has 0 spiro atoms. The molecule has 1 aromatic heterocycles. The highest BCUT2D eigenvalue weighted by Crippen LogP contribution is 2.44. The molecule has 0 N–H and O–H groups in total. The van der Waals surface area contributed by atoms with Gasteiger partial charge in [0.2, 0.25) is 11.8 Å². The lowest BCUT2D eigenvalue weighted by Crippen LogP contribution is -2.49. The molecule has 3 fully saturated rings. The number of ether oxygens (including phenoxy) is 4. The van der Waals surface area contributed by atoms with Crippen LogP contribution >= 0.6 is 0 Å². The van der Waals surface area contributed by atoms with E-state index in [-0.39, 0.29) is 48.7 Å². The summed E-state index contributed by atoms with van der Waals surface area (Å²) in [6.07, 6.45) is 4.07. The number of carbonyl (C=O) groups excluding carboxylic acids is 3. The van der Waals surface area contributed by atoms with Crippen molar-refractivity contribution < 1.29 is 42.1 Å². The third-order valence-corrected chi connectivity index (χ3v) is 11.1. The Bertz CT molecular complexity index is 1480. The number of amides is 1. The van der Waals surface area contributed by atoms with Crippen LogP contribution in [0.5, 0.6) is 11.6 Å². The number of carbonyl (C=O) groups is 3. The Morgan fingerprint density at radius 3 is 2.49 bits per heavy atom. The number of hydrogen-bond acceptors (Lipinski definition) is 9. The zero-order valence-corrected chi connectivity index (χ0v) is 27.4. The lowest BCUT2D eigenvalue weighted by atomic mass is 9.69. The summed E-state index contributed by atoms with van der Waals surface area (Å²) in [4.78, 5) is 50.9. The molecule has 12 heteroatoms. The predicted octanol–water partition coefficient (Wildman–Crippen LogP) is 5.63. The average Bonchev–Trinajstić information content (AvgIpc) is 3.63. The lowest BCUT2D eigenvalue weighted by Gasteiger charge is -2.41. The Balaban J connectivity index is 1.40. The first-order valence-corrected chi connectivity index (χ1v) is 17.0. The fourth-order valence-electron chi connectivity index (χ4n) is 7.94.